The topological polar surface area (TPSA) is 21.3 Å². The first-order valence-corrected chi connectivity index (χ1v) is 9.43. The van der Waals surface area contributed by atoms with Crippen molar-refractivity contribution in [2.45, 2.75) is 38.6 Å². The van der Waals surface area contributed by atoms with E-state index in [2.05, 4.69) is 59.1 Å². The Bertz CT molecular complexity index is 611. The molecule has 0 amide bonds. The standard InChI is InChI=1S/C17H20INOS/c1-2-9-20-13-6-3-5-12(10-13)19-15-7-4-8-16-14(15)11-17(18)21-16/h3,5-6,10-11,15,19H,2,4,7-9H2,1H3. The summed E-state index contributed by atoms with van der Waals surface area (Å²) in [7, 11) is 0. The minimum atomic E-state index is 0.440. The van der Waals surface area contributed by atoms with Gasteiger partial charge in [-0.05, 0) is 72.0 Å². The van der Waals surface area contributed by atoms with Crippen LogP contribution >= 0.6 is 33.9 Å². The van der Waals surface area contributed by atoms with Crippen molar-refractivity contribution in [3.8, 4) is 5.75 Å². The Hall–Kier alpha value is -0.750. The largest absolute Gasteiger partial charge is 0.494 e. The van der Waals surface area contributed by atoms with Gasteiger partial charge in [-0.3, -0.25) is 0 Å². The molecule has 2 nitrogen and oxygen atoms in total. The van der Waals surface area contributed by atoms with Gasteiger partial charge in [0.1, 0.15) is 5.75 Å². The van der Waals surface area contributed by atoms with Crippen LogP contribution in [0.25, 0.3) is 0 Å². The van der Waals surface area contributed by atoms with Crippen LogP contribution in [0.2, 0.25) is 0 Å². The summed E-state index contributed by atoms with van der Waals surface area (Å²) < 4.78 is 7.11. The second-order valence-corrected chi connectivity index (χ2v) is 8.43. The van der Waals surface area contributed by atoms with Crippen LogP contribution in [0.15, 0.2) is 30.3 Å². The number of benzene rings is 1. The molecule has 0 bridgehead atoms. The Kier molecular flexibility index (Phi) is 5.06. The van der Waals surface area contributed by atoms with Crippen LogP contribution in [-0.2, 0) is 6.42 Å². The predicted molar refractivity (Wildman–Crippen MR) is 98.6 cm³/mol. The number of anilines is 1. The Morgan fingerprint density at radius 2 is 2.29 bits per heavy atom. The van der Waals surface area contributed by atoms with Crippen LogP contribution in [0.3, 0.4) is 0 Å². The molecule has 1 N–H and O–H groups in total. The summed E-state index contributed by atoms with van der Waals surface area (Å²) in [5.74, 6) is 0.956. The molecule has 1 heterocycles. The second-order valence-electron chi connectivity index (χ2n) is 5.39. The molecule has 1 aliphatic carbocycles. The lowest BCUT2D eigenvalue weighted by atomic mass is 9.94. The molecule has 21 heavy (non-hydrogen) atoms. The highest BCUT2D eigenvalue weighted by molar-refractivity contribution is 14.1. The molecule has 0 aliphatic heterocycles. The van der Waals surface area contributed by atoms with E-state index < -0.39 is 0 Å². The van der Waals surface area contributed by atoms with Gasteiger partial charge in [0, 0.05) is 16.6 Å². The zero-order valence-electron chi connectivity index (χ0n) is 12.2. The smallest absolute Gasteiger partial charge is 0.121 e. The summed E-state index contributed by atoms with van der Waals surface area (Å²) in [6.07, 6.45) is 4.75. The molecule has 3 rings (SSSR count). The molecule has 0 saturated heterocycles. The molecular formula is C17H20INOS. The zero-order chi connectivity index (χ0) is 14.7. The number of aryl methyl sites for hydroxylation is 1. The quantitative estimate of drug-likeness (QED) is 0.642. The predicted octanol–water partition coefficient (Wildman–Crippen LogP) is 5.63. The van der Waals surface area contributed by atoms with Gasteiger partial charge in [-0.1, -0.05) is 13.0 Å². The molecule has 1 unspecified atom stereocenters. The van der Waals surface area contributed by atoms with Crippen LogP contribution in [0.1, 0.15) is 42.7 Å². The van der Waals surface area contributed by atoms with Crippen LogP contribution < -0.4 is 10.1 Å². The van der Waals surface area contributed by atoms with Gasteiger partial charge in [-0.2, -0.15) is 0 Å². The molecule has 0 radical (unpaired) electrons. The van der Waals surface area contributed by atoms with E-state index in [1.54, 1.807) is 4.88 Å². The van der Waals surface area contributed by atoms with E-state index in [0.717, 1.165) is 24.5 Å². The maximum atomic E-state index is 5.72. The fourth-order valence-corrected chi connectivity index (χ4v) is 4.89. The van der Waals surface area contributed by atoms with Gasteiger partial charge < -0.3 is 10.1 Å². The number of fused-ring (bicyclic) bond motifs is 1. The molecule has 0 saturated carbocycles. The van der Waals surface area contributed by atoms with Crippen molar-refractivity contribution in [1.29, 1.82) is 0 Å². The Balaban J connectivity index is 1.75. The van der Waals surface area contributed by atoms with Crippen molar-refractivity contribution in [3.05, 3.63) is 43.7 Å². The summed E-state index contributed by atoms with van der Waals surface area (Å²) >= 11 is 4.37. The number of halogens is 1. The summed E-state index contributed by atoms with van der Waals surface area (Å²) in [4.78, 5) is 1.56. The maximum Gasteiger partial charge on any atom is 0.121 e. The highest BCUT2D eigenvalue weighted by Gasteiger charge is 2.22. The van der Waals surface area contributed by atoms with Crippen molar-refractivity contribution >= 4 is 39.6 Å². The van der Waals surface area contributed by atoms with Gasteiger partial charge >= 0.3 is 0 Å². The van der Waals surface area contributed by atoms with E-state index in [1.165, 1.54) is 27.7 Å². The molecule has 112 valence electrons. The van der Waals surface area contributed by atoms with E-state index in [0.29, 0.717) is 6.04 Å². The van der Waals surface area contributed by atoms with Crippen LogP contribution in [0, 0.1) is 2.88 Å². The average molecular weight is 413 g/mol. The molecule has 1 atom stereocenters. The molecule has 2 aromatic rings. The highest BCUT2D eigenvalue weighted by Crippen LogP contribution is 2.38. The SMILES string of the molecule is CCCOc1cccc(NC2CCCc3sc(I)cc32)c1. The lowest BCUT2D eigenvalue weighted by Gasteiger charge is -2.24. The first kappa shape index (κ1) is 15.2. The van der Waals surface area contributed by atoms with E-state index in [9.17, 15) is 0 Å². The van der Waals surface area contributed by atoms with E-state index in [4.69, 9.17) is 4.74 Å². The Morgan fingerprint density at radius 3 is 3.14 bits per heavy atom. The number of hydrogen-bond donors (Lipinski definition) is 1. The molecular weight excluding hydrogens is 393 g/mol. The number of hydrogen-bond acceptors (Lipinski definition) is 3. The van der Waals surface area contributed by atoms with E-state index >= 15 is 0 Å². The average Bonchev–Trinajstić information content (AvgIpc) is 2.87. The monoisotopic (exact) mass is 413 g/mol. The van der Waals surface area contributed by atoms with Crippen molar-refractivity contribution in [2.24, 2.45) is 0 Å². The zero-order valence-corrected chi connectivity index (χ0v) is 15.2. The Morgan fingerprint density at radius 1 is 1.38 bits per heavy atom. The third kappa shape index (κ3) is 3.72. The van der Waals surface area contributed by atoms with Crippen molar-refractivity contribution in [1.82, 2.24) is 0 Å². The lowest BCUT2D eigenvalue weighted by molar-refractivity contribution is 0.317. The van der Waals surface area contributed by atoms with E-state index in [1.807, 2.05) is 17.4 Å². The third-order valence-corrected chi connectivity index (χ3v) is 5.70. The van der Waals surface area contributed by atoms with Crippen LogP contribution in [-0.4, -0.2) is 6.61 Å². The van der Waals surface area contributed by atoms with Crippen molar-refractivity contribution < 1.29 is 4.74 Å². The van der Waals surface area contributed by atoms with Gasteiger partial charge in [-0.15, -0.1) is 11.3 Å². The van der Waals surface area contributed by atoms with Gasteiger partial charge in [0.15, 0.2) is 0 Å². The van der Waals surface area contributed by atoms with Gasteiger partial charge in [-0.25, -0.2) is 0 Å². The summed E-state index contributed by atoms with van der Waals surface area (Å²) in [6, 6.07) is 11.1. The summed E-state index contributed by atoms with van der Waals surface area (Å²) in [6.45, 7) is 2.91. The van der Waals surface area contributed by atoms with Gasteiger partial charge in [0.05, 0.1) is 15.5 Å². The third-order valence-electron chi connectivity index (χ3n) is 3.73. The number of rotatable bonds is 5. The molecule has 0 spiro atoms. The van der Waals surface area contributed by atoms with Crippen LogP contribution in [0.4, 0.5) is 5.69 Å². The fourth-order valence-electron chi connectivity index (χ4n) is 2.77. The molecule has 4 heteroatoms. The van der Waals surface area contributed by atoms with Gasteiger partial charge in [0.25, 0.3) is 0 Å². The second kappa shape index (κ2) is 7.01. The molecule has 1 aliphatic rings. The first-order valence-electron chi connectivity index (χ1n) is 7.54. The lowest BCUT2D eigenvalue weighted by Crippen LogP contribution is -2.15. The fraction of sp³-hybridized carbons (Fsp3) is 0.412. The number of nitrogens with one attached hydrogen (secondary N) is 1. The Labute approximate surface area is 144 Å². The van der Waals surface area contributed by atoms with E-state index in [-0.39, 0.29) is 0 Å². The maximum absolute atomic E-state index is 5.72. The highest BCUT2D eigenvalue weighted by atomic mass is 127. The minimum absolute atomic E-state index is 0.440. The normalized spacial score (nSPS) is 17.3. The molecule has 1 aromatic heterocycles. The van der Waals surface area contributed by atoms with Gasteiger partial charge in [0.2, 0.25) is 0 Å². The molecule has 0 fully saturated rings. The van der Waals surface area contributed by atoms with Crippen molar-refractivity contribution in [3.63, 3.8) is 0 Å². The summed E-state index contributed by atoms with van der Waals surface area (Å²) in [5.41, 5.74) is 2.65. The minimum Gasteiger partial charge on any atom is -0.494 e. The summed E-state index contributed by atoms with van der Waals surface area (Å²) in [5, 5.41) is 3.69. The number of thiophene rings is 1. The van der Waals surface area contributed by atoms with Crippen molar-refractivity contribution in [2.75, 3.05) is 11.9 Å². The molecule has 1 aromatic carbocycles. The first-order chi connectivity index (χ1) is 10.3. The van der Waals surface area contributed by atoms with Crippen LogP contribution in [0.5, 0.6) is 5.75 Å². The number of ether oxygens (including phenoxy) is 1.